The third-order valence-electron chi connectivity index (χ3n) is 15.9. The Hall–Kier alpha value is -8.42. The van der Waals surface area contributed by atoms with Crippen LogP contribution in [0.1, 0.15) is 64.0 Å². The third kappa shape index (κ3) is 26.7. The third-order valence-corrected chi connectivity index (χ3v) is 23.2. The lowest BCUT2D eigenvalue weighted by atomic mass is 10.0. The molecule has 14 atom stereocenters. The van der Waals surface area contributed by atoms with E-state index in [9.17, 15) is 87.5 Å². The number of aliphatic carboxylic acids is 1. The number of aliphatic hydroxyl groups excluding tert-OH is 1. The molecule has 42 heteroatoms. The van der Waals surface area contributed by atoms with Gasteiger partial charge in [0.25, 0.3) is 0 Å². The second-order valence-electron chi connectivity index (χ2n) is 23.9. The number of nitrogens with one attached hydrogen (secondary N) is 12. The van der Waals surface area contributed by atoms with Gasteiger partial charge in [0.2, 0.25) is 82.7 Å². The lowest BCUT2D eigenvalue weighted by Crippen LogP contribution is -2.61. The highest BCUT2D eigenvalue weighted by molar-refractivity contribution is 8.77. The first-order valence-corrected chi connectivity index (χ1v) is 39.7. The molecule has 0 unspecified atom stereocenters. The zero-order valence-electron chi connectivity index (χ0n) is 55.8. The lowest BCUT2D eigenvalue weighted by Gasteiger charge is -2.30. The Morgan fingerprint density at radius 2 is 1.10 bits per heavy atom. The van der Waals surface area contributed by atoms with Gasteiger partial charge in [0.15, 0.2) is 0 Å². The maximum atomic E-state index is 15.2. The molecular weight excluding hydrogens is 1470 g/mol. The smallest absolute Gasteiger partial charge is 0.326 e. The lowest BCUT2D eigenvalue weighted by molar-refractivity contribution is -0.144. The number of nitrogens with two attached hydrogens (primary N) is 2. The molecule has 4 fully saturated rings. The number of amides is 14. The van der Waals surface area contributed by atoms with Crippen molar-refractivity contribution < 1.29 is 102 Å². The molecule has 0 spiro atoms. The SMILES string of the molecule is CCOC(=O)CC[C@@H]1NC(=O)[C@@H]2CSSC[C@@H]3NC(=O)[C@H](C)NC(=O)[C@@H]4CCCN4C(=O)[C@H](CC(N)=O)NC(=O)[C@H](CSSC[C@H](N)C(=O)N2)NC(=O)[C@H](CSSC[C@@H](C(=O)N[C@@H](Cc2ccc(O)cc2)C(=O)O)NC(=O)CNC(=O)[C@H]([C@H](C)O)NC3=O)NC(=O)[C@H](Cc2ccc(O)cc2)NC1=O. The van der Waals surface area contributed by atoms with E-state index >= 15 is 9.59 Å². The summed E-state index contributed by atoms with van der Waals surface area (Å²) in [6.07, 6.45) is -4.26. The van der Waals surface area contributed by atoms with Gasteiger partial charge in [0.05, 0.1) is 31.7 Å². The fourth-order valence-electron chi connectivity index (χ4n) is 10.3. The number of phenols is 2. The van der Waals surface area contributed by atoms with Crippen molar-refractivity contribution >= 4 is 159 Å². The number of carboxylic acids is 1. The van der Waals surface area contributed by atoms with Crippen LogP contribution in [0.4, 0.5) is 0 Å². The first-order valence-electron chi connectivity index (χ1n) is 32.2. The van der Waals surface area contributed by atoms with Crippen molar-refractivity contribution in [2.24, 2.45) is 11.5 Å². The molecule has 0 radical (unpaired) electrons. The number of carboxylic acid groups (broad SMARTS) is 1. The van der Waals surface area contributed by atoms with Crippen molar-refractivity contribution in [3.8, 4) is 11.5 Å². The van der Waals surface area contributed by atoms with Crippen LogP contribution in [0.25, 0.3) is 0 Å². The van der Waals surface area contributed by atoms with E-state index in [2.05, 4.69) is 63.8 Å². The van der Waals surface area contributed by atoms with Crippen LogP contribution in [0.15, 0.2) is 48.5 Å². The van der Waals surface area contributed by atoms with Crippen LogP contribution in [0.5, 0.6) is 11.5 Å². The molecule has 6 rings (SSSR count). The predicted octanol–water partition coefficient (Wildman–Crippen LogP) is -5.46. The number of aliphatic hydroxyl groups is 1. The van der Waals surface area contributed by atoms with Gasteiger partial charge in [-0.05, 0) is 75.4 Å². The maximum Gasteiger partial charge on any atom is 0.326 e. The minimum atomic E-state index is -1.92. The number of esters is 1. The fourth-order valence-corrected chi connectivity index (χ4v) is 17.2. The molecule has 4 heterocycles. The number of aromatic hydroxyl groups is 2. The van der Waals surface area contributed by atoms with E-state index in [-0.39, 0.29) is 55.2 Å². The van der Waals surface area contributed by atoms with Crippen LogP contribution < -0.4 is 75.3 Å². The monoisotopic (exact) mass is 1550 g/mol. The van der Waals surface area contributed by atoms with Gasteiger partial charge >= 0.3 is 11.9 Å². The van der Waals surface area contributed by atoms with Crippen molar-refractivity contribution in [2.75, 3.05) is 54.2 Å². The van der Waals surface area contributed by atoms with E-state index in [1.54, 1.807) is 0 Å². The summed E-state index contributed by atoms with van der Waals surface area (Å²) >= 11 is 0. The molecule has 0 saturated carbocycles. The van der Waals surface area contributed by atoms with Crippen molar-refractivity contribution in [3.05, 3.63) is 59.7 Å². The average Bonchev–Trinajstić information content (AvgIpc) is 1.75. The van der Waals surface area contributed by atoms with Crippen LogP contribution in [-0.2, 0) is 94.3 Å². The Bertz CT molecular complexity index is 3440. The molecule has 36 nitrogen and oxygen atoms in total. The van der Waals surface area contributed by atoms with Crippen molar-refractivity contribution in [2.45, 2.75) is 150 Å². The summed E-state index contributed by atoms with van der Waals surface area (Å²) in [6.45, 7) is 2.63. The fraction of sp³-hybridized carbons (Fsp3) is 0.541. The molecule has 2 aromatic carbocycles. The topological polar surface area (TPSA) is 563 Å². The zero-order chi connectivity index (χ0) is 75.6. The molecule has 20 N–H and O–H groups in total. The highest BCUT2D eigenvalue weighted by Gasteiger charge is 2.42. The van der Waals surface area contributed by atoms with Crippen LogP contribution in [-0.4, -0.2) is 259 Å². The van der Waals surface area contributed by atoms with Crippen LogP contribution >= 0.6 is 64.8 Å². The second-order valence-corrected chi connectivity index (χ2v) is 31.5. The number of carbonyl (C=O) groups is 16. The van der Waals surface area contributed by atoms with E-state index in [1.165, 1.54) is 62.4 Å². The zero-order valence-corrected chi connectivity index (χ0v) is 60.7. The molecule has 2 aromatic rings. The van der Waals surface area contributed by atoms with Gasteiger partial charge in [0.1, 0.15) is 84.0 Å². The minimum Gasteiger partial charge on any atom is -0.508 e. The standard InChI is InChI=1S/C61H83N15O21S6/c1-4-97-47(82)16-15-35-51(85)68-36(18-30-7-11-32(78)12-8-30)52(86)73-42-26-102-100-23-39(53(87)70-38(61(95)96)19-31-9-13-33(79)14-10-31)66-46(81)21-64-59(93)48(29(3)77)75-57(91)43-27-103-101-24-40(54(88)67-35)72-50(84)34(62)22-98-99-25-41(74-56(42)90)55(89)69-37(20-45(63)80)60(94)76-17-5-6-44(76)58(92)65-28(2)49(83)71-43/h7-14,28-29,34-44,48,77-79H,4-6,15-27,62H2,1-3H3,(H2,63,80)(H,64,93)(H,65,92)(H,66,81)(H,67,88)(H,68,85)(H,69,89)(H,70,87)(H,71,83)(H,72,84)(H,73,86)(H,74,90)(H,75,91)(H,95,96)/t28-,29-,34-,35-,36-,37-,38-,39-,40-,41-,42-,43-,44-,48-/m0/s1. The Balaban J connectivity index is 1.56. The molecule has 4 aliphatic heterocycles. The Labute approximate surface area is 613 Å². The molecule has 103 heavy (non-hydrogen) atoms. The summed E-state index contributed by atoms with van der Waals surface area (Å²) in [5.74, 6) is -20.7. The van der Waals surface area contributed by atoms with E-state index in [0.717, 1.165) is 76.6 Å². The molecule has 4 bridgehead atoms. The maximum absolute atomic E-state index is 15.2. The number of carbonyl (C=O) groups excluding carboxylic acids is 15. The molecule has 564 valence electrons. The number of primary amides is 1. The van der Waals surface area contributed by atoms with Gasteiger partial charge in [-0.1, -0.05) is 89.0 Å². The predicted molar refractivity (Wildman–Crippen MR) is 380 cm³/mol. The first-order chi connectivity index (χ1) is 48.9. The summed E-state index contributed by atoms with van der Waals surface area (Å²) in [4.78, 5) is 228. The largest absolute Gasteiger partial charge is 0.508 e. The number of hydrogen-bond acceptors (Lipinski definition) is 27. The van der Waals surface area contributed by atoms with Crippen molar-refractivity contribution in [1.82, 2.24) is 68.7 Å². The normalized spacial score (nSPS) is 27.0. The molecule has 4 aliphatic rings. The summed E-state index contributed by atoms with van der Waals surface area (Å²) in [6, 6.07) is -11.4. The number of hydrogen-bond donors (Lipinski definition) is 18. The number of ether oxygens (including phenoxy) is 1. The first kappa shape index (κ1) is 83.5. The van der Waals surface area contributed by atoms with Gasteiger partial charge in [-0.25, -0.2) is 4.79 Å². The van der Waals surface area contributed by atoms with Crippen LogP contribution in [0, 0.1) is 0 Å². The Morgan fingerprint density at radius 3 is 1.66 bits per heavy atom. The highest BCUT2D eigenvalue weighted by atomic mass is 33.1. The molecule has 4 saturated heterocycles. The van der Waals surface area contributed by atoms with E-state index in [1.807, 2.05) is 0 Å². The summed E-state index contributed by atoms with van der Waals surface area (Å²) < 4.78 is 5.12. The van der Waals surface area contributed by atoms with Crippen LogP contribution in [0.3, 0.4) is 0 Å². The van der Waals surface area contributed by atoms with Crippen LogP contribution in [0.2, 0.25) is 0 Å². The number of fused-ring (bicyclic) bond motifs is 20. The highest BCUT2D eigenvalue weighted by Crippen LogP contribution is 2.28. The molecule has 0 aliphatic carbocycles. The summed E-state index contributed by atoms with van der Waals surface area (Å²) in [5, 5.41) is 71.1. The minimum absolute atomic E-state index is 0.00415. The quantitative estimate of drug-likeness (QED) is 0.0477. The Morgan fingerprint density at radius 1 is 0.602 bits per heavy atom. The Kier molecular flexibility index (Phi) is 33.4. The van der Waals surface area contributed by atoms with Gasteiger partial charge in [0, 0.05) is 60.3 Å². The van der Waals surface area contributed by atoms with E-state index < -0.39 is 240 Å². The number of phenolic OH excluding ortho intramolecular Hbond substituents is 2. The number of nitrogens with zero attached hydrogens (tertiary/aromatic N) is 1. The summed E-state index contributed by atoms with van der Waals surface area (Å²) in [5.41, 5.74) is 12.7. The average molecular weight is 1550 g/mol. The van der Waals surface area contributed by atoms with Gasteiger partial charge in [-0.15, -0.1) is 0 Å². The molecule has 14 amide bonds. The van der Waals surface area contributed by atoms with E-state index in [0.29, 0.717) is 5.56 Å². The summed E-state index contributed by atoms with van der Waals surface area (Å²) in [7, 11) is 4.85. The van der Waals surface area contributed by atoms with Crippen molar-refractivity contribution in [3.63, 3.8) is 0 Å². The van der Waals surface area contributed by atoms with Gasteiger partial charge in [-0.3, -0.25) is 71.9 Å². The van der Waals surface area contributed by atoms with Crippen molar-refractivity contribution in [1.29, 1.82) is 0 Å². The van der Waals surface area contributed by atoms with Gasteiger partial charge in [-0.2, -0.15) is 0 Å². The van der Waals surface area contributed by atoms with E-state index in [4.69, 9.17) is 16.2 Å². The molecule has 0 aromatic heterocycles. The number of benzene rings is 2. The molecular formula is C61H83N15O21S6. The van der Waals surface area contributed by atoms with Gasteiger partial charge < -0.3 is 105 Å². The second kappa shape index (κ2) is 41.2. The number of rotatable bonds is 14.